The van der Waals surface area contributed by atoms with Crippen molar-refractivity contribution in [3.05, 3.63) is 0 Å². The SMILES string of the molecule is CN[C@@H](CCCN=C(N)N)C(=O)NCP(=O)(O)O. The van der Waals surface area contributed by atoms with Crippen LogP contribution in [0.1, 0.15) is 12.8 Å². The van der Waals surface area contributed by atoms with E-state index in [0.717, 1.165) is 0 Å². The number of likely N-dealkylation sites (N-methyl/N-ethyl adjacent to an activating group) is 1. The number of carbonyl (C=O) groups excluding carboxylic acids is 1. The van der Waals surface area contributed by atoms with Gasteiger partial charge in [0.05, 0.1) is 6.04 Å². The minimum Gasteiger partial charge on any atom is -0.370 e. The summed E-state index contributed by atoms with van der Waals surface area (Å²) in [6.45, 7) is 0.395. The van der Waals surface area contributed by atoms with E-state index in [4.69, 9.17) is 21.3 Å². The number of carbonyl (C=O) groups is 1. The highest BCUT2D eigenvalue weighted by molar-refractivity contribution is 7.51. The van der Waals surface area contributed by atoms with Crippen LogP contribution < -0.4 is 22.1 Å². The van der Waals surface area contributed by atoms with E-state index < -0.39 is 25.8 Å². The Kier molecular flexibility index (Phi) is 7.53. The van der Waals surface area contributed by atoms with E-state index in [0.29, 0.717) is 19.4 Å². The second-order valence-corrected chi connectivity index (χ2v) is 5.30. The fourth-order valence-electron chi connectivity index (χ4n) is 1.21. The normalized spacial score (nSPS) is 12.8. The minimum absolute atomic E-state index is 0.0121. The summed E-state index contributed by atoms with van der Waals surface area (Å²) in [5, 5.41) is 4.92. The van der Waals surface area contributed by atoms with Gasteiger partial charge in [0.15, 0.2) is 5.96 Å². The summed E-state index contributed by atoms with van der Waals surface area (Å²) in [6, 6.07) is -0.536. The molecule has 10 heteroatoms. The molecule has 0 saturated heterocycles. The van der Waals surface area contributed by atoms with Crippen molar-refractivity contribution >= 4 is 19.5 Å². The zero-order chi connectivity index (χ0) is 14.2. The summed E-state index contributed by atoms with van der Waals surface area (Å²) >= 11 is 0. The molecule has 18 heavy (non-hydrogen) atoms. The molecule has 9 nitrogen and oxygen atoms in total. The molecule has 1 amide bonds. The smallest absolute Gasteiger partial charge is 0.344 e. The third-order valence-electron chi connectivity index (χ3n) is 2.07. The van der Waals surface area contributed by atoms with Crippen LogP contribution in [0, 0.1) is 0 Å². The van der Waals surface area contributed by atoms with E-state index in [-0.39, 0.29) is 5.96 Å². The monoisotopic (exact) mass is 281 g/mol. The maximum Gasteiger partial charge on any atom is 0.344 e. The summed E-state index contributed by atoms with van der Waals surface area (Å²) in [6.07, 6.45) is 0.366. The maximum atomic E-state index is 11.5. The van der Waals surface area contributed by atoms with Crippen LogP contribution in [0.2, 0.25) is 0 Å². The number of nitrogens with two attached hydrogens (primary N) is 2. The summed E-state index contributed by atoms with van der Waals surface area (Å²) in [4.78, 5) is 32.6. The minimum atomic E-state index is -4.23. The number of rotatable bonds is 8. The number of guanidine groups is 1. The van der Waals surface area contributed by atoms with E-state index in [2.05, 4.69) is 15.6 Å². The molecule has 0 aromatic heterocycles. The van der Waals surface area contributed by atoms with E-state index in [1.54, 1.807) is 7.05 Å². The lowest BCUT2D eigenvalue weighted by Crippen LogP contribution is -2.42. The average molecular weight is 281 g/mol. The standard InChI is InChI=1S/C8H20N5O4P/c1-11-6(3-2-4-12-8(9)10)7(14)13-5-18(15,16)17/h6,11H,2-5H2,1H3,(H,13,14)(H4,9,10,12)(H2,15,16,17)/t6-/m0/s1. The third kappa shape index (κ3) is 8.94. The van der Waals surface area contributed by atoms with E-state index in [1.807, 2.05) is 0 Å². The molecule has 0 heterocycles. The molecule has 0 rings (SSSR count). The van der Waals surface area contributed by atoms with Gasteiger partial charge in [-0.05, 0) is 19.9 Å². The first-order valence-corrected chi connectivity index (χ1v) is 7.11. The Hall–Kier alpha value is -1.15. The highest BCUT2D eigenvalue weighted by Crippen LogP contribution is 2.31. The first kappa shape index (κ1) is 16.9. The van der Waals surface area contributed by atoms with Gasteiger partial charge in [-0.3, -0.25) is 14.4 Å². The Labute approximate surface area is 105 Å². The molecule has 0 aliphatic carbocycles. The first-order chi connectivity index (χ1) is 8.26. The lowest BCUT2D eigenvalue weighted by molar-refractivity contribution is -0.122. The molecule has 1 atom stereocenters. The Bertz CT molecular complexity index is 338. The van der Waals surface area contributed by atoms with E-state index >= 15 is 0 Å². The van der Waals surface area contributed by atoms with Gasteiger partial charge in [0.2, 0.25) is 5.91 Å². The molecule has 0 unspecified atom stereocenters. The number of nitrogens with one attached hydrogen (secondary N) is 2. The number of nitrogens with zero attached hydrogens (tertiary/aromatic N) is 1. The molecule has 0 spiro atoms. The van der Waals surface area contributed by atoms with Crippen molar-refractivity contribution < 1.29 is 19.1 Å². The molecule has 0 aliphatic heterocycles. The number of hydrogen-bond acceptors (Lipinski definition) is 4. The lowest BCUT2D eigenvalue weighted by Gasteiger charge is -2.15. The fourth-order valence-corrected chi connectivity index (χ4v) is 1.58. The van der Waals surface area contributed by atoms with Gasteiger partial charge < -0.3 is 31.9 Å². The van der Waals surface area contributed by atoms with Gasteiger partial charge in [-0.1, -0.05) is 0 Å². The van der Waals surface area contributed by atoms with Crippen molar-refractivity contribution in [1.82, 2.24) is 10.6 Å². The number of hydrogen-bond donors (Lipinski definition) is 6. The van der Waals surface area contributed by atoms with Crippen molar-refractivity contribution in [2.24, 2.45) is 16.5 Å². The van der Waals surface area contributed by atoms with Gasteiger partial charge in [-0.25, -0.2) is 0 Å². The highest BCUT2D eigenvalue weighted by atomic mass is 31.2. The quantitative estimate of drug-likeness (QED) is 0.128. The Morgan fingerprint density at radius 3 is 2.50 bits per heavy atom. The molecule has 0 saturated carbocycles. The summed E-state index contributed by atoms with van der Waals surface area (Å²) in [5.74, 6) is -0.479. The van der Waals surface area contributed by atoms with Crippen LogP contribution in [0.4, 0.5) is 0 Å². The Balaban J connectivity index is 4.04. The molecule has 0 aliphatic rings. The average Bonchev–Trinajstić information content (AvgIpc) is 2.24. The molecule has 0 radical (unpaired) electrons. The first-order valence-electron chi connectivity index (χ1n) is 5.31. The zero-order valence-electron chi connectivity index (χ0n) is 10.2. The number of amides is 1. The van der Waals surface area contributed by atoms with Crippen LogP contribution in [0.25, 0.3) is 0 Å². The van der Waals surface area contributed by atoms with E-state index in [1.165, 1.54) is 0 Å². The molecule has 0 aromatic carbocycles. The highest BCUT2D eigenvalue weighted by Gasteiger charge is 2.19. The van der Waals surface area contributed by atoms with Crippen LogP contribution >= 0.6 is 7.60 Å². The Morgan fingerprint density at radius 2 is 2.06 bits per heavy atom. The molecule has 0 bridgehead atoms. The largest absolute Gasteiger partial charge is 0.370 e. The summed E-state index contributed by atoms with van der Waals surface area (Å²) in [5.41, 5.74) is 10.3. The molecule has 106 valence electrons. The molecular formula is C8H20N5O4P. The van der Waals surface area contributed by atoms with Crippen LogP contribution in [0.5, 0.6) is 0 Å². The second kappa shape index (κ2) is 8.04. The second-order valence-electron chi connectivity index (χ2n) is 3.65. The topological polar surface area (TPSA) is 163 Å². The van der Waals surface area contributed by atoms with Crippen LogP contribution in [-0.2, 0) is 9.36 Å². The van der Waals surface area contributed by atoms with Crippen molar-refractivity contribution in [1.29, 1.82) is 0 Å². The fraction of sp³-hybridized carbons (Fsp3) is 0.750. The van der Waals surface area contributed by atoms with Crippen molar-refractivity contribution in [3.63, 3.8) is 0 Å². The summed E-state index contributed by atoms with van der Waals surface area (Å²) < 4.78 is 10.6. The van der Waals surface area contributed by atoms with Gasteiger partial charge >= 0.3 is 7.60 Å². The predicted molar refractivity (Wildman–Crippen MR) is 67.8 cm³/mol. The molecular weight excluding hydrogens is 261 g/mol. The van der Waals surface area contributed by atoms with Crippen molar-refractivity contribution in [3.8, 4) is 0 Å². The molecule has 8 N–H and O–H groups in total. The van der Waals surface area contributed by atoms with Gasteiger partial charge in [-0.15, -0.1) is 0 Å². The van der Waals surface area contributed by atoms with Crippen molar-refractivity contribution in [2.75, 3.05) is 19.9 Å². The van der Waals surface area contributed by atoms with Gasteiger partial charge in [-0.2, -0.15) is 0 Å². The van der Waals surface area contributed by atoms with Crippen LogP contribution in [0.3, 0.4) is 0 Å². The van der Waals surface area contributed by atoms with Gasteiger partial charge in [0.1, 0.15) is 6.29 Å². The summed E-state index contributed by atoms with van der Waals surface area (Å²) in [7, 11) is -2.64. The Morgan fingerprint density at radius 1 is 1.44 bits per heavy atom. The van der Waals surface area contributed by atoms with Crippen LogP contribution in [0.15, 0.2) is 4.99 Å². The van der Waals surface area contributed by atoms with Crippen LogP contribution in [-0.4, -0.2) is 47.6 Å². The van der Waals surface area contributed by atoms with Gasteiger partial charge in [0, 0.05) is 6.54 Å². The van der Waals surface area contributed by atoms with E-state index in [9.17, 15) is 9.36 Å². The zero-order valence-corrected chi connectivity index (χ0v) is 11.1. The maximum absolute atomic E-state index is 11.5. The van der Waals surface area contributed by atoms with Crippen molar-refractivity contribution in [2.45, 2.75) is 18.9 Å². The predicted octanol–water partition coefficient (Wildman–Crippen LogP) is -2.12. The van der Waals surface area contributed by atoms with Gasteiger partial charge in [0.25, 0.3) is 0 Å². The molecule has 0 aromatic rings. The lowest BCUT2D eigenvalue weighted by atomic mass is 10.1. The molecule has 0 fully saturated rings. The third-order valence-corrected chi connectivity index (χ3v) is 2.64. The number of aliphatic imine (C=N–C) groups is 1.